The Bertz CT molecular complexity index is 856. The quantitative estimate of drug-likeness (QED) is 0.658. The Morgan fingerprint density at radius 3 is 2.44 bits per heavy atom. The van der Waals surface area contributed by atoms with E-state index in [2.05, 4.69) is 11.4 Å². The molecule has 0 aromatic heterocycles. The highest BCUT2D eigenvalue weighted by Gasteiger charge is 2.43. The third-order valence-corrected chi connectivity index (χ3v) is 6.29. The molecule has 0 heterocycles. The molecule has 0 saturated heterocycles. The summed E-state index contributed by atoms with van der Waals surface area (Å²) in [5, 5.41) is 11.8. The number of sulfonamides is 1. The van der Waals surface area contributed by atoms with Crippen LogP contribution in [0.1, 0.15) is 25.3 Å². The lowest BCUT2D eigenvalue weighted by molar-refractivity contribution is -0.148. The van der Waals surface area contributed by atoms with Crippen LogP contribution in [0, 0.1) is 24.2 Å². The second-order valence-electron chi connectivity index (χ2n) is 6.87. The molecule has 0 spiro atoms. The van der Waals surface area contributed by atoms with E-state index in [1.807, 2.05) is 6.92 Å². The van der Waals surface area contributed by atoms with Gasteiger partial charge in [-0.25, -0.2) is 8.42 Å². The highest BCUT2D eigenvalue weighted by atomic mass is 32.2. The monoisotopic (exact) mass is 393 g/mol. The van der Waals surface area contributed by atoms with Gasteiger partial charge in [0, 0.05) is 7.05 Å². The number of amides is 1. The molecule has 1 fully saturated rings. The van der Waals surface area contributed by atoms with Crippen LogP contribution in [-0.4, -0.2) is 50.3 Å². The first kappa shape index (κ1) is 20.9. The largest absolute Gasteiger partial charge is 0.455 e. The van der Waals surface area contributed by atoms with Crippen LogP contribution in [0.4, 0.5) is 0 Å². The van der Waals surface area contributed by atoms with Crippen molar-refractivity contribution in [2.45, 2.75) is 37.1 Å². The number of nitrogens with zero attached hydrogens (tertiary/aromatic N) is 2. The summed E-state index contributed by atoms with van der Waals surface area (Å²) in [7, 11) is -2.58. The van der Waals surface area contributed by atoms with Crippen molar-refractivity contribution in [3.05, 3.63) is 29.8 Å². The van der Waals surface area contributed by atoms with Crippen LogP contribution in [0.25, 0.3) is 0 Å². The fraction of sp³-hybridized carbons (Fsp3) is 0.500. The molecule has 1 aromatic rings. The molecule has 2 rings (SSSR count). The van der Waals surface area contributed by atoms with E-state index in [4.69, 9.17) is 4.74 Å². The van der Waals surface area contributed by atoms with Crippen molar-refractivity contribution in [2.24, 2.45) is 5.92 Å². The number of likely N-dealkylation sites (N-methyl/N-ethyl adjacent to an activating group) is 1. The summed E-state index contributed by atoms with van der Waals surface area (Å²) in [4.78, 5) is 23.9. The number of rotatable bonds is 8. The number of ether oxygens (including phenoxy) is 1. The van der Waals surface area contributed by atoms with E-state index in [1.165, 1.54) is 19.2 Å². The highest BCUT2D eigenvalue weighted by Crippen LogP contribution is 2.39. The molecule has 27 heavy (non-hydrogen) atoms. The second kappa shape index (κ2) is 8.06. The first-order chi connectivity index (χ1) is 12.6. The van der Waals surface area contributed by atoms with Crippen LogP contribution in [0.5, 0.6) is 0 Å². The molecule has 1 N–H and O–H groups in total. The van der Waals surface area contributed by atoms with Gasteiger partial charge in [0.2, 0.25) is 10.0 Å². The van der Waals surface area contributed by atoms with Crippen molar-refractivity contribution in [2.75, 3.05) is 20.2 Å². The zero-order valence-electron chi connectivity index (χ0n) is 15.6. The molecule has 8 nitrogen and oxygen atoms in total. The molecule has 1 aliphatic rings. The molecular formula is C18H23N3O5S. The standard InChI is InChI=1S/C18H23N3O5S/c1-13-4-8-15(9-5-13)27(24,25)21(3)10-17(23)26-11-16(22)20-18(2,12-19)14-6-7-14/h4-5,8-9,14H,6-7,10-11H2,1-3H3,(H,20,22)/t18-/m0/s1. The lowest BCUT2D eigenvalue weighted by Crippen LogP contribution is -2.48. The van der Waals surface area contributed by atoms with E-state index < -0.39 is 40.6 Å². The second-order valence-corrected chi connectivity index (χ2v) is 8.92. The minimum absolute atomic E-state index is 0.0652. The molecule has 1 aromatic carbocycles. The molecule has 0 aliphatic heterocycles. The lowest BCUT2D eigenvalue weighted by Gasteiger charge is -2.22. The fourth-order valence-electron chi connectivity index (χ4n) is 2.56. The summed E-state index contributed by atoms with van der Waals surface area (Å²) in [6, 6.07) is 8.32. The molecule has 0 bridgehead atoms. The lowest BCUT2D eigenvalue weighted by atomic mass is 9.98. The third kappa shape index (κ3) is 5.28. The Balaban J connectivity index is 1.86. The predicted octanol–water partition coefficient (Wildman–Crippen LogP) is 0.967. The van der Waals surface area contributed by atoms with Gasteiger partial charge in [-0.1, -0.05) is 17.7 Å². The van der Waals surface area contributed by atoms with E-state index in [9.17, 15) is 23.3 Å². The smallest absolute Gasteiger partial charge is 0.321 e. The predicted molar refractivity (Wildman–Crippen MR) is 96.8 cm³/mol. The number of hydrogen-bond acceptors (Lipinski definition) is 6. The number of carbonyl (C=O) groups excluding carboxylic acids is 2. The van der Waals surface area contributed by atoms with Gasteiger partial charge in [-0.05, 0) is 44.7 Å². The van der Waals surface area contributed by atoms with Crippen molar-refractivity contribution >= 4 is 21.9 Å². The number of nitriles is 1. The van der Waals surface area contributed by atoms with Crippen LogP contribution in [0.15, 0.2) is 29.2 Å². The molecule has 1 aliphatic carbocycles. The molecule has 146 valence electrons. The Morgan fingerprint density at radius 2 is 1.93 bits per heavy atom. The first-order valence-electron chi connectivity index (χ1n) is 8.49. The summed E-state index contributed by atoms with van der Waals surface area (Å²) in [6.07, 6.45) is 1.73. The van der Waals surface area contributed by atoms with Gasteiger partial charge in [0.1, 0.15) is 12.1 Å². The number of benzene rings is 1. The molecule has 0 unspecified atom stereocenters. The Kier molecular flexibility index (Phi) is 6.23. The maximum atomic E-state index is 12.4. The number of aryl methyl sites for hydroxylation is 1. The van der Waals surface area contributed by atoms with Crippen LogP contribution in [0.2, 0.25) is 0 Å². The topological polar surface area (TPSA) is 117 Å². The average molecular weight is 393 g/mol. The number of esters is 1. The van der Waals surface area contributed by atoms with E-state index in [1.54, 1.807) is 19.1 Å². The molecule has 9 heteroatoms. The van der Waals surface area contributed by atoms with Crippen molar-refractivity contribution in [3.63, 3.8) is 0 Å². The van der Waals surface area contributed by atoms with Crippen LogP contribution in [0.3, 0.4) is 0 Å². The molecule has 0 radical (unpaired) electrons. The Labute approximate surface area is 159 Å². The van der Waals surface area contributed by atoms with Gasteiger partial charge in [0.05, 0.1) is 11.0 Å². The maximum absolute atomic E-state index is 12.4. The molecule has 1 amide bonds. The van der Waals surface area contributed by atoms with E-state index in [0.717, 1.165) is 22.7 Å². The summed E-state index contributed by atoms with van der Waals surface area (Å²) in [5.74, 6) is -1.34. The Hall–Kier alpha value is -2.44. The van der Waals surface area contributed by atoms with Crippen molar-refractivity contribution in [3.8, 4) is 6.07 Å². The van der Waals surface area contributed by atoms with Gasteiger partial charge < -0.3 is 10.1 Å². The summed E-state index contributed by atoms with van der Waals surface area (Å²) in [6.45, 7) is 2.37. The summed E-state index contributed by atoms with van der Waals surface area (Å²) >= 11 is 0. The highest BCUT2D eigenvalue weighted by molar-refractivity contribution is 7.89. The molecule has 1 saturated carbocycles. The average Bonchev–Trinajstić information content (AvgIpc) is 3.45. The number of carbonyl (C=O) groups is 2. The SMILES string of the molecule is Cc1ccc(S(=O)(=O)N(C)CC(=O)OCC(=O)N[C@@](C)(C#N)C2CC2)cc1. The summed E-state index contributed by atoms with van der Waals surface area (Å²) in [5.41, 5.74) is -0.0627. The van der Waals surface area contributed by atoms with Gasteiger partial charge in [-0.3, -0.25) is 9.59 Å². The Morgan fingerprint density at radius 1 is 1.33 bits per heavy atom. The minimum Gasteiger partial charge on any atom is -0.455 e. The molecular weight excluding hydrogens is 370 g/mol. The van der Waals surface area contributed by atoms with Gasteiger partial charge in [-0.2, -0.15) is 9.57 Å². The zero-order valence-corrected chi connectivity index (χ0v) is 16.4. The summed E-state index contributed by atoms with van der Waals surface area (Å²) < 4.78 is 30.6. The third-order valence-electron chi connectivity index (χ3n) is 4.47. The number of hydrogen-bond donors (Lipinski definition) is 1. The van der Waals surface area contributed by atoms with E-state index in [-0.39, 0.29) is 10.8 Å². The van der Waals surface area contributed by atoms with E-state index >= 15 is 0 Å². The maximum Gasteiger partial charge on any atom is 0.321 e. The van der Waals surface area contributed by atoms with Gasteiger partial charge >= 0.3 is 5.97 Å². The molecule has 1 atom stereocenters. The number of nitrogens with one attached hydrogen (secondary N) is 1. The van der Waals surface area contributed by atoms with E-state index in [0.29, 0.717) is 0 Å². The minimum atomic E-state index is -3.84. The van der Waals surface area contributed by atoms with Gasteiger partial charge in [-0.15, -0.1) is 0 Å². The van der Waals surface area contributed by atoms with Crippen LogP contribution >= 0.6 is 0 Å². The van der Waals surface area contributed by atoms with Crippen LogP contribution < -0.4 is 5.32 Å². The van der Waals surface area contributed by atoms with Gasteiger partial charge in [0.25, 0.3) is 5.91 Å². The fourth-order valence-corrected chi connectivity index (χ4v) is 3.67. The normalized spacial score (nSPS) is 16.3. The zero-order chi connectivity index (χ0) is 20.2. The van der Waals surface area contributed by atoms with Crippen molar-refractivity contribution < 1.29 is 22.7 Å². The van der Waals surface area contributed by atoms with Crippen molar-refractivity contribution in [1.29, 1.82) is 5.26 Å². The van der Waals surface area contributed by atoms with Crippen LogP contribution in [-0.2, 0) is 24.3 Å². The van der Waals surface area contributed by atoms with Crippen molar-refractivity contribution in [1.82, 2.24) is 9.62 Å². The first-order valence-corrected chi connectivity index (χ1v) is 9.93. The van der Waals surface area contributed by atoms with Gasteiger partial charge in [0.15, 0.2) is 6.61 Å².